The molecule has 0 bridgehead atoms. The second-order valence-corrected chi connectivity index (χ2v) is 11.6. The van der Waals surface area contributed by atoms with Crippen molar-refractivity contribution in [3.05, 3.63) is 87.9 Å². The summed E-state index contributed by atoms with van der Waals surface area (Å²) in [4.78, 5) is 25.6. The quantitative estimate of drug-likeness (QED) is 0.288. The Kier molecular flexibility index (Phi) is 7.17. The molecule has 3 heterocycles. The van der Waals surface area contributed by atoms with Crippen LogP contribution in [-0.4, -0.2) is 40.1 Å². The maximum absolute atomic E-state index is 13.2. The van der Waals surface area contributed by atoms with Gasteiger partial charge < -0.3 is 10.6 Å². The smallest absolute Gasteiger partial charge is 0.243 e. The normalized spacial score (nSPS) is 12.9. The van der Waals surface area contributed by atoms with E-state index in [-0.39, 0.29) is 23.8 Å². The summed E-state index contributed by atoms with van der Waals surface area (Å²) in [6, 6.07) is 15.9. The molecule has 2 aromatic carbocycles. The number of fused-ring (bicyclic) bond motifs is 3. The van der Waals surface area contributed by atoms with Crippen molar-refractivity contribution >= 4 is 55.8 Å². The third-order valence-corrected chi connectivity index (χ3v) is 8.54. The summed E-state index contributed by atoms with van der Waals surface area (Å²) in [6.45, 7) is 2.42. The number of amides is 1. The predicted octanol–water partition coefficient (Wildman–Crippen LogP) is 4.59. The average molecular weight is 626 g/mol. The van der Waals surface area contributed by atoms with Gasteiger partial charge in [-0.05, 0) is 82.8 Å². The molecule has 1 aliphatic rings. The number of halogens is 1. The fourth-order valence-electron chi connectivity index (χ4n) is 4.07. The summed E-state index contributed by atoms with van der Waals surface area (Å²) in [7, 11) is -3.68. The van der Waals surface area contributed by atoms with Crippen molar-refractivity contribution in [2.45, 2.75) is 24.8 Å². The Labute approximate surface area is 228 Å². The van der Waals surface area contributed by atoms with Gasteiger partial charge in [0.25, 0.3) is 0 Å². The number of rotatable bonds is 7. The lowest BCUT2D eigenvalue weighted by molar-refractivity contribution is -0.115. The fraction of sp³-hybridized carbons (Fsp3) is 0.154. The molecular formula is C26H23IN6O3S. The molecule has 0 spiro atoms. The predicted molar refractivity (Wildman–Crippen MR) is 150 cm³/mol. The standard InChI is InChI=1S/C26H23IN6O3S/c1-2-33(16-17-9-11-28-12-10-17)37(35,36)21-6-4-20(5-7-21)30-26-29-15-18-13-24(34)31-23-14-19(27)3-8-22(23)25(18)32-26/h3-12,14-15H,2,13,16H2,1H3,(H,31,34)(H,29,30,32). The van der Waals surface area contributed by atoms with Crippen molar-refractivity contribution in [3.8, 4) is 11.3 Å². The van der Waals surface area contributed by atoms with Gasteiger partial charge in [-0.3, -0.25) is 9.78 Å². The number of anilines is 3. The highest BCUT2D eigenvalue weighted by atomic mass is 127. The van der Waals surface area contributed by atoms with E-state index >= 15 is 0 Å². The van der Waals surface area contributed by atoms with Gasteiger partial charge in [-0.2, -0.15) is 4.31 Å². The number of carbonyl (C=O) groups is 1. The molecule has 0 fully saturated rings. The first-order valence-electron chi connectivity index (χ1n) is 11.6. The van der Waals surface area contributed by atoms with Gasteiger partial charge in [0, 0.05) is 52.1 Å². The topological polar surface area (TPSA) is 117 Å². The molecule has 0 saturated heterocycles. The lowest BCUT2D eigenvalue weighted by atomic mass is 10.1. The summed E-state index contributed by atoms with van der Waals surface area (Å²) in [5.74, 6) is 0.231. The summed E-state index contributed by atoms with van der Waals surface area (Å²) in [5.41, 5.74) is 4.45. The summed E-state index contributed by atoms with van der Waals surface area (Å²) < 4.78 is 28.9. The molecule has 188 valence electrons. The second-order valence-electron chi connectivity index (χ2n) is 8.42. The first-order valence-corrected chi connectivity index (χ1v) is 14.1. The van der Waals surface area contributed by atoms with Crippen LogP contribution in [0.2, 0.25) is 0 Å². The second kappa shape index (κ2) is 10.5. The Morgan fingerprint density at radius 3 is 2.57 bits per heavy atom. The van der Waals surface area contributed by atoms with E-state index in [9.17, 15) is 13.2 Å². The summed E-state index contributed by atoms with van der Waals surface area (Å²) in [5, 5.41) is 6.08. The molecule has 11 heteroatoms. The first kappa shape index (κ1) is 25.2. The van der Waals surface area contributed by atoms with Crippen LogP contribution in [0.25, 0.3) is 11.3 Å². The molecule has 0 saturated carbocycles. The van der Waals surface area contributed by atoms with Gasteiger partial charge >= 0.3 is 0 Å². The lowest BCUT2D eigenvalue weighted by Crippen LogP contribution is -2.30. The van der Waals surface area contributed by atoms with E-state index in [4.69, 9.17) is 0 Å². The number of aromatic nitrogens is 3. The highest BCUT2D eigenvalue weighted by molar-refractivity contribution is 14.1. The molecule has 1 amide bonds. The van der Waals surface area contributed by atoms with E-state index in [1.165, 1.54) is 4.31 Å². The molecular weight excluding hydrogens is 603 g/mol. The van der Waals surface area contributed by atoms with Gasteiger partial charge in [-0.15, -0.1) is 0 Å². The van der Waals surface area contributed by atoms with Crippen LogP contribution in [0, 0.1) is 3.57 Å². The van der Waals surface area contributed by atoms with Gasteiger partial charge in [0.2, 0.25) is 21.9 Å². The zero-order valence-corrected chi connectivity index (χ0v) is 22.8. The van der Waals surface area contributed by atoms with E-state index in [0.29, 0.717) is 29.6 Å². The van der Waals surface area contributed by atoms with Gasteiger partial charge in [0.1, 0.15) is 0 Å². The molecule has 0 atom stereocenters. The largest absolute Gasteiger partial charge is 0.325 e. The molecule has 2 aromatic heterocycles. The zero-order chi connectivity index (χ0) is 26.0. The monoisotopic (exact) mass is 626 g/mol. The van der Waals surface area contributed by atoms with E-state index in [2.05, 4.69) is 48.2 Å². The number of benzene rings is 2. The number of nitrogens with one attached hydrogen (secondary N) is 2. The van der Waals surface area contributed by atoms with Gasteiger partial charge in [0.15, 0.2) is 0 Å². The molecule has 0 unspecified atom stereocenters. The number of pyridine rings is 1. The van der Waals surface area contributed by atoms with E-state index in [1.54, 1.807) is 55.0 Å². The summed E-state index contributed by atoms with van der Waals surface area (Å²) in [6.07, 6.45) is 5.12. The van der Waals surface area contributed by atoms with Crippen LogP contribution in [0.5, 0.6) is 0 Å². The SMILES string of the molecule is CCN(Cc1ccncc1)S(=O)(=O)c1ccc(Nc2ncc3c(n2)-c2ccc(I)cc2NC(=O)C3)cc1. The molecule has 4 aromatic rings. The van der Waals surface area contributed by atoms with E-state index in [0.717, 1.165) is 20.3 Å². The Bertz CT molecular complexity index is 1560. The third-order valence-electron chi connectivity index (χ3n) is 5.94. The number of hydrogen-bond donors (Lipinski definition) is 2. The van der Waals surface area contributed by atoms with Crippen molar-refractivity contribution < 1.29 is 13.2 Å². The fourth-order valence-corrected chi connectivity index (χ4v) is 6.00. The van der Waals surface area contributed by atoms with Crippen LogP contribution in [-0.2, 0) is 27.8 Å². The Hall–Kier alpha value is -3.42. The van der Waals surface area contributed by atoms with E-state index < -0.39 is 10.0 Å². The number of hydrogen-bond acceptors (Lipinski definition) is 7. The minimum Gasteiger partial charge on any atom is -0.325 e. The Balaban J connectivity index is 1.38. The van der Waals surface area contributed by atoms with Crippen LogP contribution in [0.15, 0.2) is 78.1 Å². The Morgan fingerprint density at radius 2 is 1.84 bits per heavy atom. The van der Waals surface area contributed by atoms with Crippen LogP contribution in [0.3, 0.4) is 0 Å². The van der Waals surface area contributed by atoms with E-state index in [1.807, 2.05) is 25.1 Å². The minimum atomic E-state index is -3.68. The first-order chi connectivity index (χ1) is 17.8. The Morgan fingerprint density at radius 1 is 1.08 bits per heavy atom. The number of carbonyl (C=O) groups excluding carboxylic acids is 1. The van der Waals surface area contributed by atoms with Gasteiger partial charge in [0.05, 0.1) is 22.7 Å². The zero-order valence-electron chi connectivity index (χ0n) is 19.8. The summed E-state index contributed by atoms with van der Waals surface area (Å²) >= 11 is 2.20. The third kappa shape index (κ3) is 5.48. The maximum atomic E-state index is 13.2. The molecule has 37 heavy (non-hydrogen) atoms. The molecule has 9 nitrogen and oxygen atoms in total. The van der Waals surface area contributed by atoms with Gasteiger partial charge in [-0.1, -0.05) is 6.92 Å². The minimum absolute atomic E-state index is 0.117. The highest BCUT2D eigenvalue weighted by Gasteiger charge is 2.24. The van der Waals surface area contributed by atoms with Crippen molar-refractivity contribution in [3.63, 3.8) is 0 Å². The molecule has 0 radical (unpaired) electrons. The molecule has 1 aliphatic heterocycles. The molecule has 2 N–H and O–H groups in total. The van der Waals surface area contributed by atoms with Crippen molar-refractivity contribution in [1.82, 2.24) is 19.3 Å². The molecule has 5 rings (SSSR count). The molecule has 0 aliphatic carbocycles. The van der Waals surface area contributed by atoms with Crippen LogP contribution in [0.4, 0.5) is 17.3 Å². The lowest BCUT2D eigenvalue weighted by Gasteiger charge is -2.20. The van der Waals surface area contributed by atoms with Crippen LogP contribution < -0.4 is 10.6 Å². The van der Waals surface area contributed by atoms with Crippen LogP contribution >= 0.6 is 22.6 Å². The number of sulfonamides is 1. The maximum Gasteiger partial charge on any atom is 0.243 e. The van der Waals surface area contributed by atoms with Gasteiger partial charge in [-0.25, -0.2) is 18.4 Å². The van der Waals surface area contributed by atoms with Crippen molar-refractivity contribution in [2.24, 2.45) is 0 Å². The van der Waals surface area contributed by atoms with Crippen molar-refractivity contribution in [2.75, 3.05) is 17.2 Å². The average Bonchev–Trinajstić information content (AvgIpc) is 3.02. The van der Waals surface area contributed by atoms with Crippen LogP contribution in [0.1, 0.15) is 18.1 Å². The van der Waals surface area contributed by atoms with Crippen molar-refractivity contribution in [1.29, 1.82) is 0 Å². The highest BCUT2D eigenvalue weighted by Crippen LogP contribution is 2.34. The number of nitrogens with zero attached hydrogens (tertiary/aromatic N) is 4.